The Morgan fingerprint density at radius 1 is 1.20 bits per heavy atom. The zero-order valence-electron chi connectivity index (χ0n) is 11.6. The molecule has 0 radical (unpaired) electrons. The highest BCUT2D eigenvalue weighted by Crippen LogP contribution is 2.18. The van der Waals surface area contributed by atoms with Gasteiger partial charge >= 0.3 is 0 Å². The second-order valence-electron chi connectivity index (χ2n) is 5.16. The van der Waals surface area contributed by atoms with Crippen LogP contribution in [0.5, 0.6) is 0 Å². The lowest BCUT2D eigenvalue weighted by Gasteiger charge is -2.26. The fourth-order valence-electron chi connectivity index (χ4n) is 2.23. The second-order valence-corrected chi connectivity index (χ2v) is 5.16. The number of amides is 2. The van der Waals surface area contributed by atoms with Crippen molar-refractivity contribution in [2.24, 2.45) is 5.92 Å². The third-order valence-corrected chi connectivity index (χ3v) is 3.47. The van der Waals surface area contributed by atoms with Crippen LogP contribution in [0.25, 0.3) is 0 Å². The Morgan fingerprint density at radius 3 is 2.40 bits per heavy atom. The molecule has 1 fully saturated rings. The van der Waals surface area contributed by atoms with Crippen molar-refractivity contribution in [2.45, 2.75) is 32.7 Å². The van der Waals surface area contributed by atoms with Gasteiger partial charge in [-0.1, -0.05) is 0 Å². The molecule has 0 aromatic heterocycles. The molecular weight excluding hydrogens is 256 g/mol. The van der Waals surface area contributed by atoms with Gasteiger partial charge in [0.15, 0.2) is 5.78 Å². The summed E-state index contributed by atoms with van der Waals surface area (Å²) in [6, 6.07) is 6.76. The molecular formula is C15H18N2O3. The Kier molecular flexibility index (Phi) is 4.17. The molecule has 5 nitrogen and oxygen atoms in total. The Hall–Kier alpha value is -2.17. The van der Waals surface area contributed by atoms with Crippen LogP contribution in [0.1, 0.15) is 37.0 Å². The summed E-state index contributed by atoms with van der Waals surface area (Å²) < 4.78 is 0. The topological polar surface area (TPSA) is 75.3 Å². The van der Waals surface area contributed by atoms with Crippen LogP contribution in [-0.4, -0.2) is 23.6 Å². The van der Waals surface area contributed by atoms with Crippen molar-refractivity contribution in [3.8, 4) is 0 Å². The zero-order valence-corrected chi connectivity index (χ0v) is 11.6. The molecule has 2 amide bonds. The molecule has 0 unspecified atom stereocenters. The minimum Gasteiger partial charge on any atom is -0.353 e. The Labute approximate surface area is 117 Å². The van der Waals surface area contributed by atoms with Gasteiger partial charge in [0.05, 0.1) is 0 Å². The summed E-state index contributed by atoms with van der Waals surface area (Å²) in [6.45, 7) is 3.41. The average molecular weight is 274 g/mol. The Balaban J connectivity index is 2.00. The molecule has 1 aliphatic heterocycles. The summed E-state index contributed by atoms with van der Waals surface area (Å²) in [5.41, 5.74) is 1.18. The predicted octanol–water partition coefficient (Wildman–Crippen LogP) is 1.74. The molecule has 106 valence electrons. The Bertz CT molecular complexity index is 537. The van der Waals surface area contributed by atoms with Gasteiger partial charge in [0.25, 0.3) is 0 Å². The molecule has 1 saturated heterocycles. The molecule has 20 heavy (non-hydrogen) atoms. The van der Waals surface area contributed by atoms with E-state index in [9.17, 15) is 14.4 Å². The van der Waals surface area contributed by atoms with E-state index in [1.165, 1.54) is 6.92 Å². The number of ketones is 1. The maximum atomic E-state index is 12.1. The molecule has 0 saturated carbocycles. The van der Waals surface area contributed by atoms with Gasteiger partial charge in [-0.25, -0.2) is 0 Å². The van der Waals surface area contributed by atoms with Crippen molar-refractivity contribution in [3.63, 3.8) is 0 Å². The second kappa shape index (κ2) is 5.86. The van der Waals surface area contributed by atoms with Gasteiger partial charge in [-0.15, -0.1) is 0 Å². The lowest BCUT2D eigenvalue weighted by molar-refractivity contribution is -0.134. The van der Waals surface area contributed by atoms with Gasteiger partial charge in [-0.2, -0.15) is 0 Å². The number of rotatable bonds is 3. The van der Waals surface area contributed by atoms with Crippen molar-refractivity contribution < 1.29 is 14.4 Å². The molecule has 1 aromatic rings. The van der Waals surface area contributed by atoms with Crippen LogP contribution in [-0.2, 0) is 9.59 Å². The minimum absolute atomic E-state index is 0.0245. The van der Waals surface area contributed by atoms with E-state index < -0.39 is 5.92 Å². The average Bonchev–Trinajstić information content (AvgIpc) is 2.39. The van der Waals surface area contributed by atoms with Gasteiger partial charge in [0.1, 0.15) is 5.92 Å². The van der Waals surface area contributed by atoms with Crippen LogP contribution in [0.2, 0.25) is 0 Å². The molecule has 5 heteroatoms. The number of piperidine rings is 1. The minimum atomic E-state index is -0.640. The van der Waals surface area contributed by atoms with Crippen molar-refractivity contribution >= 4 is 23.3 Å². The summed E-state index contributed by atoms with van der Waals surface area (Å²) in [7, 11) is 0. The van der Waals surface area contributed by atoms with Gasteiger partial charge in [-0.3, -0.25) is 14.4 Å². The fourth-order valence-corrected chi connectivity index (χ4v) is 2.23. The summed E-state index contributed by atoms with van der Waals surface area (Å²) in [5, 5.41) is 5.49. The first-order valence-corrected chi connectivity index (χ1v) is 6.69. The first-order valence-electron chi connectivity index (χ1n) is 6.69. The van der Waals surface area contributed by atoms with E-state index in [-0.39, 0.29) is 23.6 Å². The van der Waals surface area contributed by atoms with Crippen molar-refractivity contribution in [1.82, 2.24) is 5.32 Å². The summed E-state index contributed by atoms with van der Waals surface area (Å²) in [4.78, 5) is 35.0. The Morgan fingerprint density at radius 2 is 1.85 bits per heavy atom. The van der Waals surface area contributed by atoms with Gasteiger partial charge in [-0.05, 0) is 51.0 Å². The number of Topliss-reactive ketones (excluding diaryl/α,β-unsaturated/α-hetero) is 1. The highest BCUT2D eigenvalue weighted by atomic mass is 16.2. The zero-order chi connectivity index (χ0) is 14.7. The van der Waals surface area contributed by atoms with Crippen molar-refractivity contribution in [2.75, 3.05) is 5.32 Å². The van der Waals surface area contributed by atoms with E-state index in [0.717, 1.165) is 6.42 Å². The van der Waals surface area contributed by atoms with E-state index in [1.807, 2.05) is 6.92 Å². The third kappa shape index (κ3) is 3.23. The van der Waals surface area contributed by atoms with E-state index in [0.29, 0.717) is 17.7 Å². The first kappa shape index (κ1) is 14.2. The molecule has 2 rings (SSSR count). The van der Waals surface area contributed by atoms with E-state index >= 15 is 0 Å². The largest absolute Gasteiger partial charge is 0.353 e. The third-order valence-electron chi connectivity index (χ3n) is 3.47. The quantitative estimate of drug-likeness (QED) is 0.651. The fraction of sp³-hybridized carbons (Fsp3) is 0.400. The summed E-state index contributed by atoms with van der Waals surface area (Å²) in [5.74, 6) is -1.19. The van der Waals surface area contributed by atoms with E-state index in [1.54, 1.807) is 24.3 Å². The lowest BCUT2D eigenvalue weighted by Crippen LogP contribution is -2.46. The molecule has 0 spiro atoms. The van der Waals surface area contributed by atoms with Crippen LogP contribution in [0, 0.1) is 5.92 Å². The predicted molar refractivity (Wildman–Crippen MR) is 75.4 cm³/mol. The number of benzene rings is 1. The van der Waals surface area contributed by atoms with E-state index in [4.69, 9.17) is 0 Å². The summed E-state index contributed by atoms with van der Waals surface area (Å²) >= 11 is 0. The highest BCUT2D eigenvalue weighted by molar-refractivity contribution is 6.07. The normalized spacial score (nSPS) is 22.0. The molecule has 0 bridgehead atoms. The van der Waals surface area contributed by atoms with Gasteiger partial charge in [0.2, 0.25) is 11.8 Å². The van der Waals surface area contributed by atoms with Gasteiger partial charge < -0.3 is 10.6 Å². The van der Waals surface area contributed by atoms with Crippen molar-refractivity contribution in [3.05, 3.63) is 29.8 Å². The van der Waals surface area contributed by atoms with Crippen LogP contribution in [0.3, 0.4) is 0 Å². The smallest absolute Gasteiger partial charge is 0.236 e. The highest BCUT2D eigenvalue weighted by Gasteiger charge is 2.31. The number of hydrogen-bond donors (Lipinski definition) is 2. The van der Waals surface area contributed by atoms with E-state index in [2.05, 4.69) is 10.6 Å². The molecule has 2 atom stereocenters. The van der Waals surface area contributed by atoms with Crippen LogP contribution < -0.4 is 10.6 Å². The van der Waals surface area contributed by atoms with Gasteiger partial charge in [0, 0.05) is 17.3 Å². The van der Waals surface area contributed by atoms with Crippen LogP contribution >= 0.6 is 0 Å². The maximum absolute atomic E-state index is 12.1. The molecule has 1 aromatic carbocycles. The number of carbonyl (C=O) groups excluding carboxylic acids is 3. The first-order chi connectivity index (χ1) is 9.47. The summed E-state index contributed by atoms with van der Waals surface area (Å²) in [6.07, 6.45) is 1.36. The van der Waals surface area contributed by atoms with Crippen molar-refractivity contribution in [1.29, 1.82) is 0 Å². The molecule has 1 heterocycles. The number of anilines is 1. The molecule has 1 aliphatic rings. The number of hydrogen-bond acceptors (Lipinski definition) is 3. The number of carbonyl (C=O) groups is 3. The molecule has 0 aliphatic carbocycles. The van der Waals surface area contributed by atoms with Crippen LogP contribution in [0.4, 0.5) is 5.69 Å². The standard InChI is InChI=1S/C15H18N2O3/c1-9-3-8-13(14(19)16-9)15(20)17-12-6-4-11(5-7-12)10(2)18/h4-7,9,13H,3,8H2,1-2H3,(H,16,19)(H,17,20)/t9-,13+/m0/s1. The SMILES string of the molecule is CC(=O)c1ccc(NC(=O)[C@@H]2CC[C@H](C)NC2=O)cc1. The van der Waals surface area contributed by atoms with Crippen LogP contribution in [0.15, 0.2) is 24.3 Å². The number of nitrogens with one attached hydrogen (secondary N) is 2. The lowest BCUT2D eigenvalue weighted by atomic mass is 9.94. The monoisotopic (exact) mass is 274 g/mol. The maximum Gasteiger partial charge on any atom is 0.236 e. The molecule has 2 N–H and O–H groups in total.